The molecule has 1 amide bonds. The molecular formula is C18H31N3O2. The van der Waals surface area contributed by atoms with E-state index in [-0.39, 0.29) is 11.6 Å². The molecule has 1 aromatic rings. The monoisotopic (exact) mass is 321 g/mol. The van der Waals surface area contributed by atoms with Crippen LogP contribution in [0.3, 0.4) is 0 Å². The number of nitrogens with zero attached hydrogens (tertiary/aromatic N) is 2. The van der Waals surface area contributed by atoms with E-state index in [0.29, 0.717) is 13.1 Å². The van der Waals surface area contributed by atoms with Gasteiger partial charge in [0.15, 0.2) is 0 Å². The van der Waals surface area contributed by atoms with E-state index in [9.17, 15) is 4.79 Å². The first-order chi connectivity index (χ1) is 10.5. The van der Waals surface area contributed by atoms with Crippen LogP contribution in [0.5, 0.6) is 0 Å². The molecule has 0 unspecified atom stereocenters. The lowest BCUT2D eigenvalue weighted by Crippen LogP contribution is -2.50. The van der Waals surface area contributed by atoms with E-state index in [4.69, 9.17) is 4.74 Å². The topological polar surface area (TPSA) is 54.5 Å². The van der Waals surface area contributed by atoms with Crippen molar-refractivity contribution in [3.05, 3.63) is 29.6 Å². The fourth-order valence-electron chi connectivity index (χ4n) is 2.13. The van der Waals surface area contributed by atoms with Gasteiger partial charge in [-0.05, 0) is 65.7 Å². The van der Waals surface area contributed by atoms with Gasteiger partial charge in [-0.3, -0.25) is 4.98 Å². The maximum atomic E-state index is 12.4. The maximum Gasteiger partial charge on any atom is 0.410 e. The maximum absolute atomic E-state index is 12.4. The molecule has 0 fully saturated rings. The predicted octanol–water partition coefficient (Wildman–Crippen LogP) is 3.52. The average Bonchev–Trinajstić information content (AvgIpc) is 2.36. The summed E-state index contributed by atoms with van der Waals surface area (Å²) in [5, 5.41) is 3.39. The third-order valence-corrected chi connectivity index (χ3v) is 3.39. The van der Waals surface area contributed by atoms with Crippen molar-refractivity contribution in [1.29, 1.82) is 0 Å². The molecular weight excluding hydrogens is 290 g/mol. The van der Waals surface area contributed by atoms with Crippen LogP contribution < -0.4 is 5.32 Å². The number of ether oxygens (including phenoxy) is 1. The van der Waals surface area contributed by atoms with Crippen molar-refractivity contribution in [1.82, 2.24) is 15.2 Å². The molecule has 0 bridgehead atoms. The molecule has 0 aliphatic carbocycles. The van der Waals surface area contributed by atoms with E-state index in [1.807, 2.05) is 60.7 Å². The number of carbonyl (C=O) groups is 1. The van der Waals surface area contributed by atoms with Crippen LogP contribution in [0.2, 0.25) is 0 Å². The second kappa shape index (κ2) is 7.77. The first kappa shape index (κ1) is 19.4. The van der Waals surface area contributed by atoms with Gasteiger partial charge in [0.2, 0.25) is 0 Å². The Morgan fingerprint density at radius 1 is 1.26 bits per heavy atom. The molecule has 1 N–H and O–H groups in total. The summed E-state index contributed by atoms with van der Waals surface area (Å²) in [4.78, 5) is 18.3. The smallest absolute Gasteiger partial charge is 0.410 e. The SMILES string of the molecule is Cc1cnccc1CNCCN(C(=O)OC(C)(C)C)C(C)(C)C. The minimum atomic E-state index is -0.484. The second-order valence-electron chi connectivity index (χ2n) is 7.78. The lowest BCUT2D eigenvalue weighted by atomic mass is 10.1. The van der Waals surface area contributed by atoms with Gasteiger partial charge < -0.3 is 15.0 Å². The zero-order valence-electron chi connectivity index (χ0n) is 15.6. The Morgan fingerprint density at radius 3 is 2.43 bits per heavy atom. The van der Waals surface area contributed by atoms with Gasteiger partial charge in [0, 0.05) is 37.6 Å². The summed E-state index contributed by atoms with van der Waals surface area (Å²) in [6.07, 6.45) is 3.39. The number of rotatable bonds is 5. The average molecular weight is 321 g/mol. The Balaban J connectivity index is 2.56. The largest absolute Gasteiger partial charge is 0.444 e. The highest BCUT2D eigenvalue weighted by molar-refractivity contribution is 5.69. The summed E-state index contributed by atoms with van der Waals surface area (Å²) in [5.74, 6) is 0. The molecule has 1 rings (SSSR count). The lowest BCUT2D eigenvalue weighted by molar-refractivity contribution is 0.00663. The van der Waals surface area contributed by atoms with E-state index < -0.39 is 5.60 Å². The van der Waals surface area contributed by atoms with Crippen LogP contribution in [-0.2, 0) is 11.3 Å². The van der Waals surface area contributed by atoms with Gasteiger partial charge in [0.1, 0.15) is 5.60 Å². The minimum absolute atomic E-state index is 0.271. The van der Waals surface area contributed by atoms with Crippen molar-refractivity contribution in [2.75, 3.05) is 13.1 Å². The number of hydrogen-bond donors (Lipinski definition) is 1. The van der Waals surface area contributed by atoms with Gasteiger partial charge in [0.05, 0.1) is 0 Å². The first-order valence-electron chi connectivity index (χ1n) is 8.11. The minimum Gasteiger partial charge on any atom is -0.444 e. The van der Waals surface area contributed by atoms with Crippen molar-refractivity contribution >= 4 is 6.09 Å². The van der Waals surface area contributed by atoms with Crippen molar-refractivity contribution < 1.29 is 9.53 Å². The van der Waals surface area contributed by atoms with E-state index in [0.717, 1.165) is 6.54 Å². The molecule has 0 saturated carbocycles. The Morgan fingerprint density at radius 2 is 1.91 bits per heavy atom. The van der Waals surface area contributed by atoms with Gasteiger partial charge in [-0.2, -0.15) is 0 Å². The third-order valence-electron chi connectivity index (χ3n) is 3.39. The van der Waals surface area contributed by atoms with Crippen molar-refractivity contribution in [3.63, 3.8) is 0 Å². The third kappa shape index (κ3) is 6.99. The quantitative estimate of drug-likeness (QED) is 0.843. The zero-order valence-corrected chi connectivity index (χ0v) is 15.6. The summed E-state index contributed by atoms with van der Waals surface area (Å²) in [6, 6.07) is 2.01. The van der Waals surface area contributed by atoms with Crippen LogP contribution >= 0.6 is 0 Å². The van der Waals surface area contributed by atoms with Gasteiger partial charge in [0.25, 0.3) is 0 Å². The molecule has 0 aliphatic rings. The Kier molecular flexibility index (Phi) is 6.57. The lowest BCUT2D eigenvalue weighted by Gasteiger charge is -2.37. The van der Waals surface area contributed by atoms with Crippen molar-refractivity contribution in [2.45, 2.75) is 66.2 Å². The Labute approximate surface area is 140 Å². The molecule has 0 radical (unpaired) electrons. The standard InChI is InChI=1S/C18H31N3O2/c1-14-12-19-9-8-15(14)13-20-10-11-21(17(2,3)4)16(22)23-18(5,6)7/h8-9,12,20H,10-11,13H2,1-7H3. The summed E-state index contributed by atoms with van der Waals surface area (Å²) >= 11 is 0. The molecule has 1 aromatic heterocycles. The van der Waals surface area contributed by atoms with E-state index in [2.05, 4.69) is 10.3 Å². The molecule has 1 heterocycles. The summed E-state index contributed by atoms with van der Waals surface area (Å²) in [5.41, 5.74) is 1.62. The van der Waals surface area contributed by atoms with Crippen LogP contribution in [0.15, 0.2) is 18.5 Å². The van der Waals surface area contributed by atoms with E-state index in [1.165, 1.54) is 11.1 Å². The molecule has 0 spiro atoms. The van der Waals surface area contributed by atoms with Crippen LogP contribution in [0.1, 0.15) is 52.7 Å². The summed E-state index contributed by atoms with van der Waals surface area (Å²) in [7, 11) is 0. The highest BCUT2D eigenvalue weighted by Crippen LogP contribution is 2.18. The molecule has 0 aromatic carbocycles. The van der Waals surface area contributed by atoms with Crippen LogP contribution in [0, 0.1) is 6.92 Å². The highest BCUT2D eigenvalue weighted by Gasteiger charge is 2.30. The van der Waals surface area contributed by atoms with E-state index in [1.54, 1.807) is 11.1 Å². The number of hydrogen-bond acceptors (Lipinski definition) is 4. The van der Waals surface area contributed by atoms with Crippen LogP contribution in [-0.4, -0.2) is 40.2 Å². The first-order valence-corrected chi connectivity index (χ1v) is 8.11. The van der Waals surface area contributed by atoms with Gasteiger partial charge >= 0.3 is 6.09 Å². The fraction of sp³-hybridized carbons (Fsp3) is 0.667. The number of pyridine rings is 1. The highest BCUT2D eigenvalue weighted by atomic mass is 16.6. The molecule has 0 aliphatic heterocycles. The molecule has 5 nitrogen and oxygen atoms in total. The van der Waals surface area contributed by atoms with Gasteiger partial charge in [-0.1, -0.05) is 0 Å². The molecule has 0 atom stereocenters. The molecule has 5 heteroatoms. The Hall–Kier alpha value is -1.62. The van der Waals surface area contributed by atoms with Crippen molar-refractivity contribution in [2.24, 2.45) is 0 Å². The Bertz CT molecular complexity index is 516. The molecule has 23 heavy (non-hydrogen) atoms. The number of nitrogens with one attached hydrogen (secondary N) is 1. The van der Waals surface area contributed by atoms with Gasteiger partial charge in [-0.15, -0.1) is 0 Å². The van der Waals surface area contributed by atoms with Crippen LogP contribution in [0.25, 0.3) is 0 Å². The predicted molar refractivity (Wildman–Crippen MR) is 93.4 cm³/mol. The normalized spacial score (nSPS) is 12.1. The number of carbonyl (C=O) groups excluding carboxylic acids is 1. The van der Waals surface area contributed by atoms with Crippen LogP contribution in [0.4, 0.5) is 4.79 Å². The van der Waals surface area contributed by atoms with Gasteiger partial charge in [-0.25, -0.2) is 4.79 Å². The summed E-state index contributed by atoms with van der Waals surface area (Å²) in [6.45, 7) is 15.8. The second-order valence-corrected chi connectivity index (χ2v) is 7.78. The number of aryl methyl sites for hydroxylation is 1. The van der Waals surface area contributed by atoms with E-state index >= 15 is 0 Å². The number of aromatic nitrogens is 1. The van der Waals surface area contributed by atoms with Crippen molar-refractivity contribution in [3.8, 4) is 0 Å². The number of amides is 1. The fourth-order valence-corrected chi connectivity index (χ4v) is 2.13. The molecule has 0 saturated heterocycles. The molecule has 130 valence electrons. The summed E-state index contributed by atoms with van der Waals surface area (Å²) < 4.78 is 5.51. The zero-order chi connectivity index (χ0) is 17.7.